The number of piperidine rings is 1. The molecule has 2 nitrogen and oxygen atoms in total. The molecule has 2 aromatic rings. The number of likely N-dealkylation sites (tertiary alicyclic amines) is 1. The molecule has 0 atom stereocenters. The molecule has 0 radical (unpaired) electrons. The summed E-state index contributed by atoms with van der Waals surface area (Å²) in [7, 11) is 2.26. The van der Waals surface area contributed by atoms with E-state index in [0.717, 1.165) is 19.0 Å². The summed E-state index contributed by atoms with van der Waals surface area (Å²) in [5, 5.41) is 4.44. The van der Waals surface area contributed by atoms with Gasteiger partial charge in [0.2, 0.25) is 0 Å². The van der Waals surface area contributed by atoms with Gasteiger partial charge in [0.1, 0.15) is 0 Å². The fourth-order valence-electron chi connectivity index (χ4n) is 3.42. The lowest BCUT2D eigenvalue weighted by atomic mass is 9.96. The summed E-state index contributed by atoms with van der Waals surface area (Å²) in [5.74, 6) is 0.853. The van der Waals surface area contributed by atoms with Crippen LogP contribution in [-0.2, 0) is 13.1 Å². The monoisotopic (exact) mass is 440 g/mol. The fraction of sp³-hybridized carbons (Fsp3) is 0.474. The zero-order valence-corrected chi connectivity index (χ0v) is 16.7. The molecule has 0 bridgehead atoms. The standard InChI is InChI=1S/C19H25IN2S/c1-21(13-18-7-10-23-15-18)12-16-5-8-22(9-6-16)14-17-3-2-4-19(20)11-17/h2-4,7,10-11,15-16H,5-6,8-9,12-14H2,1H3. The molecule has 1 aliphatic heterocycles. The van der Waals surface area contributed by atoms with E-state index in [4.69, 9.17) is 0 Å². The highest BCUT2D eigenvalue weighted by atomic mass is 127. The normalized spacial score (nSPS) is 17.0. The van der Waals surface area contributed by atoms with Crippen LogP contribution in [0.5, 0.6) is 0 Å². The molecule has 0 saturated carbocycles. The van der Waals surface area contributed by atoms with E-state index in [-0.39, 0.29) is 0 Å². The van der Waals surface area contributed by atoms with Crippen LogP contribution in [0.4, 0.5) is 0 Å². The molecule has 124 valence electrons. The van der Waals surface area contributed by atoms with E-state index in [1.54, 1.807) is 11.3 Å². The highest BCUT2D eigenvalue weighted by molar-refractivity contribution is 14.1. The summed E-state index contributed by atoms with van der Waals surface area (Å²) in [6.45, 7) is 5.90. The molecule has 1 aromatic carbocycles. The molecular weight excluding hydrogens is 415 g/mol. The van der Waals surface area contributed by atoms with Crippen molar-refractivity contribution in [1.82, 2.24) is 9.80 Å². The van der Waals surface area contributed by atoms with Gasteiger partial charge in [-0.1, -0.05) is 12.1 Å². The Kier molecular flexibility index (Phi) is 6.51. The smallest absolute Gasteiger partial charge is 0.0239 e. The van der Waals surface area contributed by atoms with Crippen molar-refractivity contribution in [1.29, 1.82) is 0 Å². The number of thiophene rings is 1. The molecule has 0 unspecified atom stereocenters. The maximum atomic E-state index is 2.61. The van der Waals surface area contributed by atoms with Crippen molar-refractivity contribution in [3.8, 4) is 0 Å². The molecule has 1 fully saturated rings. The van der Waals surface area contributed by atoms with Gasteiger partial charge in [-0.2, -0.15) is 11.3 Å². The van der Waals surface area contributed by atoms with Gasteiger partial charge in [0, 0.05) is 23.2 Å². The second-order valence-electron chi connectivity index (χ2n) is 6.68. The molecule has 1 saturated heterocycles. The van der Waals surface area contributed by atoms with Gasteiger partial charge in [0.25, 0.3) is 0 Å². The summed E-state index contributed by atoms with van der Waals surface area (Å²) >= 11 is 4.20. The molecule has 0 N–H and O–H groups in total. The average molecular weight is 440 g/mol. The Balaban J connectivity index is 1.41. The van der Waals surface area contributed by atoms with E-state index >= 15 is 0 Å². The molecule has 0 spiro atoms. The molecular formula is C19H25IN2S. The van der Waals surface area contributed by atoms with Crippen LogP contribution in [0.1, 0.15) is 24.0 Å². The molecule has 0 amide bonds. The number of nitrogens with zero attached hydrogens (tertiary/aromatic N) is 2. The van der Waals surface area contributed by atoms with Gasteiger partial charge in [0.15, 0.2) is 0 Å². The predicted octanol–water partition coefficient (Wildman–Crippen LogP) is 4.70. The van der Waals surface area contributed by atoms with Crippen LogP contribution in [0, 0.1) is 9.49 Å². The van der Waals surface area contributed by atoms with Gasteiger partial charge in [-0.3, -0.25) is 4.90 Å². The van der Waals surface area contributed by atoms with Gasteiger partial charge < -0.3 is 4.90 Å². The Bertz CT molecular complexity index is 591. The Labute approximate surface area is 157 Å². The van der Waals surface area contributed by atoms with Crippen molar-refractivity contribution in [3.05, 3.63) is 55.8 Å². The van der Waals surface area contributed by atoms with Crippen molar-refractivity contribution < 1.29 is 0 Å². The van der Waals surface area contributed by atoms with Crippen LogP contribution >= 0.6 is 33.9 Å². The Hall–Kier alpha value is -0.430. The van der Waals surface area contributed by atoms with Crippen LogP contribution in [-0.4, -0.2) is 36.5 Å². The summed E-state index contributed by atoms with van der Waals surface area (Å²) in [6, 6.07) is 11.1. The summed E-state index contributed by atoms with van der Waals surface area (Å²) in [6.07, 6.45) is 2.66. The lowest BCUT2D eigenvalue weighted by molar-refractivity contribution is 0.147. The van der Waals surface area contributed by atoms with Crippen LogP contribution in [0.15, 0.2) is 41.1 Å². The van der Waals surface area contributed by atoms with Crippen molar-refractivity contribution in [2.45, 2.75) is 25.9 Å². The summed E-state index contributed by atoms with van der Waals surface area (Å²) in [4.78, 5) is 5.10. The number of benzene rings is 1. The topological polar surface area (TPSA) is 6.48 Å². The van der Waals surface area contributed by atoms with Gasteiger partial charge in [-0.25, -0.2) is 0 Å². The minimum absolute atomic E-state index is 0.853. The number of hydrogen-bond acceptors (Lipinski definition) is 3. The Morgan fingerprint density at radius 1 is 1.22 bits per heavy atom. The first-order valence-electron chi connectivity index (χ1n) is 8.35. The van der Waals surface area contributed by atoms with Crippen LogP contribution in [0.2, 0.25) is 0 Å². The third-order valence-corrected chi connectivity index (χ3v) is 6.01. The molecule has 1 aliphatic rings. The van der Waals surface area contributed by atoms with Crippen molar-refractivity contribution in [2.75, 3.05) is 26.7 Å². The third kappa shape index (κ3) is 5.55. The predicted molar refractivity (Wildman–Crippen MR) is 108 cm³/mol. The first kappa shape index (κ1) is 17.4. The van der Waals surface area contributed by atoms with E-state index in [0.29, 0.717) is 0 Å². The summed E-state index contributed by atoms with van der Waals surface area (Å²) in [5.41, 5.74) is 2.90. The molecule has 3 rings (SSSR count). The van der Waals surface area contributed by atoms with E-state index < -0.39 is 0 Å². The minimum atomic E-state index is 0.853. The van der Waals surface area contributed by atoms with Gasteiger partial charge in [-0.15, -0.1) is 0 Å². The molecule has 2 heterocycles. The van der Waals surface area contributed by atoms with E-state index in [1.807, 2.05) is 0 Å². The van der Waals surface area contributed by atoms with Crippen molar-refractivity contribution in [3.63, 3.8) is 0 Å². The van der Waals surface area contributed by atoms with Crippen molar-refractivity contribution >= 4 is 33.9 Å². The van der Waals surface area contributed by atoms with Gasteiger partial charge >= 0.3 is 0 Å². The molecule has 0 aliphatic carbocycles. The van der Waals surface area contributed by atoms with E-state index in [1.165, 1.54) is 47.2 Å². The highest BCUT2D eigenvalue weighted by Crippen LogP contribution is 2.21. The molecule has 23 heavy (non-hydrogen) atoms. The Morgan fingerprint density at radius 2 is 2.04 bits per heavy atom. The van der Waals surface area contributed by atoms with Crippen LogP contribution in [0.25, 0.3) is 0 Å². The molecule has 1 aromatic heterocycles. The average Bonchev–Trinajstić information content (AvgIpc) is 3.02. The van der Waals surface area contributed by atoms with E-state index in [2.05, 4.69) is 80.5 Å². The number of halogens is 1. The SMILES string of the molecule is CN(Cc1ccsc1)CC1CCN(Cc2cccc(I)c2)CC1. The second-order valence-corrected chi connectivity index (χ2v) is 8.70. The maximum Gasteiger partial charge on any atom is 0.0239 e. The van der Waals surface area contributed by atoms with E-state index in [9.17, 15) is 0 Å². The lowest BCUT2D eigenvalue weighted by Gasteiger charge is -2.34. The van der Waals surface area contributed by atoms with Gasteiger partial charge in [0.05, 0.1) is 0 Å². The highest BCUT2D eigenvalue weighted by Gasteiger charge is 2.20. The quantitative estimate of drug-likeness (QED) is 0.601. The van der Waals surface area contributed by atoms with Gasteiger partial charge in [-0.05, 0) is 102 Å². The first-order chi connectivity index (χ1) is 11.2. The first-order valence-corrected chi connectivity index (χ1v) is 10.4. The minimum Gasteiger partial charge on any atom is -0.302 e. The maximum absolute atomic E-state index is 2.61. The van der Waals surface area contributed by atoms with Crippen molar-refractivity contribution in [2.24, 2.45) is 5.92 Å². The zero-order chi connectivity index (χ0) is 16.1. The van der Waals surface area contributed by atoms with Crippen LogP contribution < -0.4 is 0 Å². The van der Waals surface area contributed by atoms with Crippen LogP contribution in [0.3, 0.4) is 0 Å². The number of rotatable bonds is 6. The second kappa shape index (κ2) is 8.60. The Morgan fingerprint density at radius 3 is 2.74 bits per heavy atom. The lowest BCUT2D eigenvalue weighted by Crippen LogP contribution is -2.37. The summed E-state index contributed by atoms with van der Waals surface area (Å²) < 4.78 is 1.34. The fourth-order valence-corrected chi connectivity index (χ4v) is 4.69. The number of hydrogen-bond donors (Lipinski definition) is 0. The largest absolute Gasteiger partial charge is 0.302 e. The third-order valence-electron chi connectivity index (χ3n) is 4.60. The zero-order valence-electron chi connectivity index (χ0n) is 13.7. The molecule has 4 heteroatoms.